The van der Waals surface area contributed by atoms with Crippen molar-refractivity contribution in [2.75, 3.05) is 13.1 Å². The Morgan fingerprint density at radius 1 is 1.44 bits per heavy atom. The molecule has 0 aromatic carbocycles. The number of furan rings is 1. The molecule has 18 heavy (non-hydrogen) atoms. The number of carbonyl (C=O) groups is 2. The lowest BCUT2D eigenvalue weighted by Crippen LogP contribution is -2.45. The molecule has 0 saturated carbocycles. The lowest BCUT2D eigenvalue weighted by atomic mass is 10.2. The Morgan fingerprint density at radius 3 is 2.67 bits per heavy atom. The second kappa shape index (κ2) is 5.44. The molecular weight excluding hydrogens is 256 g/mol. The molecule has 1 aliphatic heterocycles. The van der Waals surface area contributed by atoms with Gasteiger partial charge < -0.3 is 14.6 Å². The lowest BCUT2D eigenvalue weighted by molar-refractivity contribution is -0.131. The highest BCUT2D eigenvalue weighted by Gasteiger charge is 2.25. The van der Waals surface area contributed by atoms with Gasteiger partial charge in [0.2, 0.25) is 11.1 Å². The topological polar surface area (TPSA) is 62.6 Å². The molecule has 2 rings (SSSR count). The third-order valence-electron chi connectivity index (χ3n) is 3.00. The van der Waals surface area contributed by atoms with Crippen LogP contribution in [0, 0.1) is 0 Å². The van der Waals surface area contributed by atoms with Gasteiger partial charge in [0.25, 0.3) is 5.91 Å². The second-order valence-electron chi connectivity index (χ2n) is 4.34. The van der Waals surface area contributed by atoms with E-state index in [0.29, 0.717) is 0 Å². The van der Waals surface area contributed by atoms with Gasteiger partial charge >= 0.3 is 0 Å². The first kappa shape index (κ1) is 13.0. The SMILES string of the molecule is CC(NC(=O)c1ccoc1Cl)C(=O)N1CCCC1. The molecule has 1 aromatic heterocycles. The summed E-state index contributed by atoms with van der Waals surface area (Å²) in [5.41, 5.74) is 0.248. The smallest absolute Gasteiger partial charge is 0.256 e. The van der Waals surface area contributed by atoms with Crippen LogP contribution in [0.15, 0.2) is 16.7 Å². The molecule has 0 bridgehead atoms. The van der Waals surface area contributed by atoms with Crippen LogP contribution in [0.2, 0.25) is 5.22 Å². The zero-order valence-electron chi connectivity index (χ0n) is 10.1. The van der Waals surface area contributed by atoms with E-state index >= 15 is 0 Å². The standard InChI is InChI=1S/C12H15ClN2O3/c1-8(12(17)15-5-2-3-6-15)14-11(16)9-4-7-18-10(9)13/h4,7-8H,2-3,5-6H2,1H3,(H,14,16). The third-order valence-corrected chi connectivity index (χ3v) is 3.29. The van der Waals surface area contributed by atoms with Gasteiger partial charge in [0, 0.05) is 13.1 Å². The number of halogens is 1. The van der Waals surface area contributed by atoms with Crippen LogP contribution in [0.4, 0.5) is 0 Å². The molecule has 0 aliphatic carbocycles. The van der Waals surface area contributed by atoms with E-state index in [1.165, 1.54) is 12.3 Å². The first-order chi connectivity index (χ1) is 8.59. The molecule has 98 valence electrons. The molecule has 1 aromatic rings. The van der Waals surface area contributed by atoms with Crippen LogP contribution in [0.5, 0.6) is 0 Å². The van der Waals surface area contributed by atoms with Crippen molar-refractivity contribution in [2.45, 2.75) is 25.8 Å². The Balaban J connectivity index is 1.94. The monoisotopic (exact) mass is 270 g/mol. The Hall–Kier alpha value is -1.49. The molecule has 2 amide bonds. The summed E-state index contributed by atoms with van der Waals surface area (Å²) in [6, 6.07) is 0.923. The van der Waals surface area contributed by atoms with E-state index in [1.807, 2.05) is 0 Å². The van der Waals surface area contributed by atoms with Crippen LogP contribution < -0.4 is 5.32 Å². The highest BCUT2D eigenvalue weighted by Crippen LogP contribution is 2.16. The number of nitrogens with zero attached hydrogens (tertiary/aromatic N) is 1. The van der Waals surface area contributed by atoms with E-state index in [-0.39, 0.29) is 16.7 Å². The predicted molar refractivity (Wildman–Crippen MR) is 66.5 cm³/mol. The maximum atomic E-state index is 12.0. The van der Waals surface area contributed by atoms with Gasteiger partial charge in [-0.2, -0.15) is 0 Å². The van der Waals surface area contributed by atoms with Crippen molar-refractivity contribution < 1.29 is 14.0 Å². The number of carbonyl (C=O) groups excluding carboxylic acids is 2. The fraction of sp³-hybridized carbons (Fsp3) is 0.500. The molecule has 1 N–H and O–H groups in total. The van der Waals surface area contributed by atoms with Crippen molar-refractivity contribution in [2.24, 2.45) is 0 Å². The highest BCUT2D eigenvalue weighted by molar-refractivity contribution is 6.32. The molecular formula is C12H15ClN2O3. The average molecular weight is 271 g/mol. The van der Waals surface area contributed by atoms with E-state index in [4.69, 9.17) is 16.0 Å². The van der Waals surface area contributed by atoms with Gasteiger partial charge in [-0.15, -0.1) is 0 Å². The molecule has 2 heterocycles. The van der Waals surface area contributed by atoms with Crippen LogP contribution in [0.1, 0.15) is 30.1 Å². The first-order valence-electron chi connectivity index (χ1n) is 5.92. The number of likely N-dealkylation sites (tertiary alicyclic amines) is 1. The summed E-state index contributed by atoms with van der Waals surface area (Å²) in [4.78, 5) is 25.6. The summed E-state index contributed by atoms with van der Waals surface area (Å²) >= 11 is 5.70. The van der Waals surface area contributed by atoms with E-state index < -0.39 is 11.9 Å². The van der Waals surface area contributed by atoms with Crippen LogP contribution in [-0.2, 0) is 4.79 Å². The number of amides is 2. The fourth-order valence-corrected chi connectivity index (χ4v) is 2.20. The second-order valence-corrected chi connectivity index (χ2v) is 4.68. The lowest BCUT2D eigenvalue weighted by Gasteiger charge is -2.20. The zero-order valence-corrected chi connectivity index (χ0v) is 10.9. The summed E-state index contributed by atoms with van der Waals surface area (Å²) < 4.78 is 4.84. The summed E-state index contributed by atoms with van der Waals surface area (Å²) in [7, 11) is 0. The van der Waals surface area contributed by atoms with Crippen molar-refractivity contribution in [3.63, 3.8) is 0 Å². The van der Waals surface area contributed by atoms with Crippen molar-refractivity contribution in [1.82, 2.24) is 10.2 Å². The molecule has 1 atom stereocenters. The Bertz CT molecular complexity index is 452. The molecule has 0 spiro atoms. The minimum atomic E-state index is -0.554. The van der Waals surface area contributed by atoms with E-state index in [2.05, 4.69) is 5.32 Å². The first-order valence-corrected chi connectivity index (χ1v) is 6.30. The highest BCUT2D eigenvalue weighted by atomic mass is 35.5. The summed E-state index contributed by atoms with van der Waals surface area (Å²) in [5, 5.41) is 2.66. The quantitative estimate of drug-likeness (QED) is 0.909. The van der Waals surface area contributed by atoms with E-state index in [1.54, 1.807) is 11.8 Å². The molecule has 1 saturated heterocycles. The number of hydrogen-bond donors (Lipinski definition) is 1. The van der Waals surface area contributed by atoms with Gasteiger partial charge in [-0.25, -0.2) is 0 Å². The Morgan fingerprint density at radius 2 is 2.11 bits per heavy atom. The Kier molecular flexibility index (Phi) is 3.91. The minimum Gasteiger partial charge on any atom is -0.452 e. The zero-order chi connectivity index (χ0) is 13.1. The minimum absolute atomic E-state index is 0.0355. The molecule has 1 fully saturated rings. The molecule has 5 nitrogen and oxygen atoms in total. The van der Waals surface area contributed by atoms with Crippen molar-refractivity contribution >= 4 is 23.4 Å². The maximum absolute atomic E-state index is 12.0. The van der Waals surface area contributed by atoms with Gasteiger partial charge in [0.1, 0.15) is 6.04 Å². The molecule has 0 radical (unpaired) electrons. The molecule has 6 heteroatoms. The predicted octanol–water partition coefficient (Wildman–Crippen LogP) is 1.67. The molecule has 1 unspecified atom stereocenters. The van der Waals surface area contributed by atoms with Crippen LogP contribution >= 0.6 is 11.6 Å². The van der Waals surface area contributed by atoms with Crippen molar-refractivity contribution in [1.29, 1.82) is 0 Å². The van der Waals surface area contributed by atoms with E-state index in [0.717, 1.165) is 25.9 Å². The summed E-state index contributed by atoms with van der Waals surface area (Å²) in [6.45, 7) is 3.21. The largest absolute Gasteiger partial charge is 0.452 e. The van der Waals surface area contributed by atoms with Gasteiger partial charge in [0.15, 0.2) is 0 Å². The van der Waals surface area contributed by atoms with Gasteiger partial charge in [-0.3, -0.25) is 9.59 Å². The molecule has 1 aliphatic rings. The number of rotatable bonds is 3. The average Bonchev–Trinajstić information content (AvgIpc) is 2.98. The van der Waals surface area contributed by atoms with E-state index in [9.17, 15) is 9.59 Å². The van der Waals surface area contributed by atoms with Gasteiger partial charge in [-0.1, -0.05) is 0 Å². The summed E-state index contributed by atoms with van der Waals surface area (Å²) in [5.74, 6) is -0.450. The normalized spacial score (nSPS) is 16.7. The summed E-state index contributed by atoms with van der Waals surface area (Å²) in [6.07, 6.45) is 3.39. The van der Waals surface area contributed by atoms with Crippen LogP contribution in [-0.4, -0.2) is 35.8 Å². The number of nitrogens with one attached hydrogen (secondary N) is 1. The van der Waals surface area contributed by atoms with Crippen molar-refractivity contribution in [3.8, 4) is 0 Å². The maximum Gasteiger partial charge on any atom is 0.256 e. The van der Waals surface area contributed by atoms with Crippen LogP contribution in [0.25, 0.3) is 0 Å². The third kappa shape index (κ3) is 2.67. The number of hydrogen-bond acceptors (Lipinski definition) is 3. The van der Waals surface area contributed by atoms with Gasteiger partial charge in [0.05, 0.1) is 11.8 Å². The van der Waals surface area contributed by atoms with Crippen molar-refractivity contribution in [3.05, 3.63) is 23.1 Å². The fourth-order valence-electron chi connectivity index (χ4n) is 2.00. The van der Waals surface area contributed by atoms with Gasteiger partial charge in [-0.05, 0) is 37.4 Å². The Labute approximate surface area is 110 Å². The van der Waals surface area contributed by atoms with Crippen LogP contribution in [0.3, 0.4) is 0 Å².